The van der Waals surface area contributed by atoms with Gasteiger partial charge in [-0.15, -0.1) is 0 Å². The molecule has 1 atom stereocenters. The van der Waals surface area contributed by atoms with Gasteiger partial charge in [-0.1, -0.05) is 0 Å². The van der Waals surface area contributed by atoms with Crippen molar-refractivity contribution in [2.45, 2.75) is 25.4 Å². The van der Waals surface area contributed by atoms with Gasteiger partial charge in [-0.2, -0.15) is 0 Å². The molecular weight excluding hydrogens is 247 g/mol. The van der Waals surface area contributed by atoms with Gasteiger partial charge in [0.15, 0.2) is 5.82 Å². The van der Waals surface area contributed by atoms with Crippen molar-refractivity contribution in [3.63, 3.8) is 0 Å². The molecule has 2 aromatic rings. The van der Waals surface area contributed by atoms with Gasteiger partial charge in [-0.3, -0.25) is 4.98 Å². The SMILES string of the molecule is C[C@@]1(O)CCCN(c2ncnc3c(F)cncc23)C1. The molecule has 3 rings (SSSR count). The van der Waals surface area contributed by atoms with Crippen molar-refractivity contribution in [2.24, 2.45) is 0 Å². The summed E-state index contributed by atoms with van der Waals surface area (Å²) in [6.45, 7) is 3.08. The highest BCUT2D eigenvalue weighted by Crippen LogP contribution is 2.29. The Morgan fingerprint density at radius 3 is 3.00 bits per heavy atom. The normalized spacial score (nSPS) is 23.8. The Bertz CT molecular complexity index is 617. The molecule has 6 heteroatoms. The summed E-state index contributed by atoms with van der Waals surface area (Å²) < 4.78 is 13.7. The first-order valence-electron chi connectivity index (χ1n) is 6.28. The summed E-state index contributed by atoms with van der Waals surface area (Å²) in [6, 6.07) is 0. The van der Waals surface area contributed by atoms with Gasteiger partial charge in [0.1, 0.15) is 17.7 Å². The van der Waals surface area contributed by atoms with E-state index in [-0.39, 0.29) is 5.52 Å². The van der Waals surface area contributed by atoms with E-state index in [9.17, 15) is 9.50 Å². The molecule has 0 unspecified atom stereocenters. The number of hydrogen-bond donors (Lipinski definition) is 1. The number of aliphatic hydroxyl groups is 1. The molecule has 0 aliphatic carbocycles. The maximum atomic E-state index is 13.7. The van der Waals surface area contributed by atoms with Crippen molar-refractivity contribution in [1.29, 1.82) is 0 Å². The fourth-order valence-electron chi connectivity index (χ4n) is 2.59. The molecule has 1 aliphatic heterocycles. The van der Waals surface area contributed by atoms with Gasteiger partial charge in [0.05, 0.1) is 17.2 Å². The number of piperidine rings is 1. The van der Waals surface area contributed by atoms with Crippen LogP contribution in [0.25, 0.3) is 10.9 Å². The lowest BCUT2D eigenvalue weighted by atomic mass is 9.95. The highest BCUT2D eigenvalue weighted by Gasteiger charge is 2.30. The number of rotatable bonds is 1. The number of halogens is 1. The molecular formula is C13H15FN4O. The fraction of sp³-hybridized carbons (Fsp3) is 0.462. The summed E-state index contributed by atoms with van der Waals surface area (Å²) in [5.74, 6) is 0.182. The van der Waals surface area contributed by atoms with Crippen LogP contribution in [0.3, 0.4) is 0 Å². The van der Waals surface area contributed by atoms with E-state index in [1.807, 2.05) is 4.90 Å². The number of β-amino-alcohol motifs (C(OH)–C–C–N with tert-alkyl or cyclic N) is 1. The molecule has 1 N–H and O–H groups in total. The van der Waals surface area contributed by atoms with Crippen LogP contribution in [0.2, 0.25) is 0 Å². The van der Waals surface area contributed by atoms with E-state index in [1.165, 1.54) is 6.33 Å². The molecule has 0 saturated carbocycles. The number of nitrogens with zero attached hydrogens (tertiary/aromatic N) is 4. The largest absolute Gasteiger partial charge is 0.388 e. The van der Waals surface area contributed by atoms with Gasteiger partial charge >= 0.3 is 0 Å². The van der Waals surface area contributed by atoms with Crippen LogP contribution in [0.4, 0.5) is 10.2 Å². The molecule has 0 aromatic carbocycles. The molecule has 0 spiro atoms. The van der Waals surface area contributed by atoms with Gasteiger partial charge in [0.2, 0.25) is 0 Å². The zero-order valence-electron chi connectivity index (χ0n) is 10.7. The number of hydrogen-bond acceptors (Lipinski definition) is 5. The van der Waals surface area contributed by atoms with Gasteiger partial charge in [0, 0.05) is 19.3 Å². The Balaban J connectivity index is 2.08. The molecule has 1 fully saturated rings. The lowest BCUT2D eigenvalue weighted by molar-refractivity contribution is 0.0448. The van der Waals surface area contributed by atoms with E-state index in [1.54, 1.807) is 13.1 Å². The monoisotopic (exact) mass is 262 g/mol. The van der Waals surface area contributed by atoms with Crippen LogP contribution >= 0.6 is 0 Å². The third-order valence-electron chi connectivity index (χ3n) is 3.46. The summed E-state index contributed by atoms with van der Waals surface area (Å²) in [4.78, 5) is 14.0. The molecule has 19 heavy (non-hydrogen) atoms. The summed E-state index contributed by atoms with van der Waals surface area (Å²) >= 11 is 0. The average Bonchev–Trinajstić information content (AvgIpc) is 2.37. The van der Waals surface area contributed by atoms with Gasteiger partial charge in [-0.25, -0.2) is 14.4 Å². The highest BCUT2D eigenvalue weighted by atomic mass is 19.1. The molecule has 0 amide bonds. The maximum Gasteiger partial charge on any atom is 0.167 e. The zero-order valence-corrected chi connectivity index (χ0v) is 10.7. The predicted octanol–water partition coefficient (Wildman–Crippen LogP) is 1.52. The van der Waals surface area contributed by atoms with Crippen LogP contribution in [0.15, 0.2) is 18.7 Å². The molecule has 1 aliphatic rings. The maximum absolute atomic E-state index is 13.7. The second-order valence-electron chi connectivity index (χ2n) is 5.24. The minimum Gasteiger partial charge on any atom is -0.388 e. The van der Waals surface area contributed by atoms with Crippen molar-refractivity contribution in [1.82, 2.24) is 15.0 Å². The Labute approximate surface area is 110 Å². The number of anilines is 1. The Hall–Kier alpha value is -1.82. The standard InChI is InChI=1S/C13H15FN4O/c1-13(19)3-2-4-18(7-13)12-9-5-15-6-10(14)11(9)16-8-17-12/h5-6,8,19H,2-4,7H2,1H3/t13-/m1/s1. The van der Waals surface area contributed by atoms with E-state index in [4.69, 9.17) is 0 Å². The molecule has 3 heterocycles. The first-order chi connectivity index (χ1) is 9.07. The van der Waals surface area contributed by atoms with E-state index in [2.05, 4.69) is 15.0 Å². The van der Waals surface area contributed by atoms with Gasteiger partial charge in [-0.05, 0) is 19.8 Å². The topological polar surface area (TPSA) is 62.1 Å². The molecule has 0 bridgehead atoms. The second kappa shape index (κ2) is 4.38. The first-order valence-corrected chi connectivity index (χ1v) is 6.28. The number of fused-ring (bicyclic) bond motifs is 1. The number of pyridine rings is 1. The zero-order chi connectivity index (χ0) is 13.5. The molecule has 2 aromatic heterocycles. The van der Waals surface area contributed by atoms with Crippen molar-refractivity contribution < 1.29 is 9.50 Å². The van der Waals surface area contributed by atoms with Gasteiger partial charge in [0.25, 0.3) is 0 Å². The lowest BCUT2D eigenvalue weighted by Crippen LogP contribution is -2.46. The molecule has 100 valence electrons. The summed E-state index contributed by atoms with van der Waals surface area (Å²) in [7, 11) is 0. The minimum atomic E-state index is -0.740. The summed E-state index contributed by atoms with van der Waals surface area (Å²) in [5.41, 5.74) is -0.471. The number of aromatic nitrogens is 3. The fourth-order valence-corrected chi connectivity index (χ4v) is 2.59. The average molecular weight is 262 g/mol. The van der Waals surface area contributed by atoms with Crippen LogP contribution in [-0.2, 0) is 0 Å². The Morgan fingerprint density at radius 2 is 2.21 bits per heavy atom. The third-order valence-corrected chi connectivity index (χ3v) is 3.46. The van der Waals surface area contributed by atoms with Crippen LogP contribution in [0, 0.1) is 5.82 Å². The van der Waals surface area contributed by atoms with Crippen molar-refractivity contribution in [2.75, 3.05) is 18.0 Å². The predicted molar refractivity (Wildman–Crippen MR) is 69.4 cm³/mol. The minimum absolute atomic E-state index is 0.269. The van der Waals surface area contributed by atoms with Crippen molar-refractivity contribution in [3.05, 3.63) is 24.5 Å². The second-order valence-corrected chi connectivity index (χ2v) is 5.24. The molecule has 1 saturated heterocycles. The Morgan fingerprint density at radius 1 is 1.37 bits per heavy atom. The summed E-state index contributed by atoms with van der Waals surface area (Å²) in [5, 5.41) is 10.7. The molecule has 0 radical (unpaired) electrons. The van der Waals surface area contributed by atoms with Crippen molar-refractivity contribution >= 4 is 16.7 Å². The molecule has 5 nitrogen and oxygen atoms in total. The van der Waals surface area contributed by atoms with E-state index < -0.39 is 11.4 Å². The van der Waals surface area contributed by atoms with Crippen LogP contribution in [0.5, 0.6) is 0 Å². The first kappa shape index (κ1) is 12.2. The quantitative estimate of drug-likeness (QED) is 0.844. The van der Waals surface area contributed by atoms with E-state index >= 15 is 0 Å². The summed E-state index contributed by atoms with van der Waals surface area (Å²) in [6.07, 6.45) is 5.70. The van der Waals surface area contributed by atoms with E-state index in [0.717, 1.165) is 25.6 Å². The smallest absolute Gasteiger partial charge is 0.167 e. The van der Waals surface area contributed by atoms with E-state index in [0.29, 0.717) is 17.7 Å². The van der Waals surface area contributed by atoms with Crippen LogP contribution in [0.1, 0.15) is 19.8 Å². The van der Waals surface area contributed by atoms with Gasteiger partial charge < -0.3 is 10.0 Å². The third kappa shape index (κ3) is 2.23. The highest BCUT2D eigenvalue weighted by molar-refractivity contribution is 5.88. The van der Waals surface area contributed by atoms with Crippen LogP contribution in [-0.4, -0.2) is 38.7 Å². The Kier molecular flexibility index (Phi) is 2.82. The van der Waals surface area contributed by atoms with Crippen LogP contribution < -0.4 is 4.90 Å². The lowest BCUT2D eigenvalue weighted by Gasteiger charge is -2.37. The van der Waals surface area contributed by atoms with Crippen molar-refractivity contribution in [3.8, 4) is 0 Å².